The highest BCUT2D eigenvalue weighted by atomic mass is 16.5. The number of methoxy groups -OCH3 is 1. The van der Waals surface area contributed by atoms with Gasteiger partial charge in [0.05, 0.1) is 6.54 Å². The van der Waals surface area contributed by atoms with Gasteiger partial charge >= 0.3 is 11.8 Å². The van der Waals surface area contributed by atoms with Crippen molar-refractivity contribution < 1.29 is 14.3 Å². The number of carbonyl (C=O) groups excluding carboxylic acids is 2. The Bertz CT molecular complexity index is 535. The number of ether oxygens (including phenoxy) is 1. The van der Waals surface area contributed by atoms with E-state index < -0.39 is 17.4 Å². The van der Waals surface area contributed by atoms with Crippen molar-refractivity contribution in [1.82, 2.24) is 10.6 Å². The molecular formula is C19H28N2O3. The second-order valence-corrected chi connectivity index (χ2v) is 6.41. The summed E-state index contributed by atoms with van der Waals surface area (Å²) in [7, 11) is 1.63. The lowest BCUT2D eigenvalue weighted by molar-refractivity contribution is -0.140. The fourth-order valence-electron chi connectivity index (χ4n) is 3.31. The normalized spacial score (nSPS) is 17.8. The van der Waals surface area contributed by atoms with Gasteiger partial charge in [0.15, 0.2) is 0 Å². The zero-order valence-corrected chi connectivity index (χ0v) is 14.6. The molecule has 1 fully saturated rings. The smallest absolute Gasteiger partial charge is 0.309 e. The Morgan fingerprint density at radius 1 is 1.12 bits per heavy atom. The number of benzene rings is 1. The van der Waals surface area contributed by atoms with E-state index in [0.717, 1.165) is 31.2 Å². The van der Waals surface area contributed by atoms with Crippen molar-refractivity contribution in [2.24, 2.45) is 0 Å². The summed E-state index contributed by atoms with van der Waals surface area (Å²) in [4.78, 5) is 24.2. The van der Waals surface area contributed by atoms with E-state index in [1.165, 1.54) is 6.42 Å². The minimum atomic E-state index is -0.623. The molecule has 0 bridgehead atoms. The van der Waals surface area contributed by atoms with Crippen LogP contribution in [0.25, 0.3) is 0 Å². The fourth-order valence-corrected chi connectivity index (χ4v) is 3.31. The average Bonchev–Trinajstić information content (AvgIpc) is 2.64. The lowest BCUT2D eigenvalue weighted by Gasteiger charge is -2.32. The fraction of sp³-hybridized carbons (Fsp3) is 0.579. The summed E-state index contributed by atoms with van der Waals surface area (Å²) < 4.78 is 5.71. The number of nitrogens with one attached hydrogen (secondary N) is 2. The molecule has 2 N–H and O–H groups in total. The summed E-state index contributed by atoms with van der Waals surface area (Å²) in [6, 6.07) is 9.90. The molecule has 0 aliphatic heterocycles. The van der Waals surface area contributed by atoms with Crippen molar-refractivity contribution in [2.75, 3.05) is 13.7 Å². The summed E-state index contributed by atoms with van der Waals surface area (Å²) >= 11 is 0. The number of amides is 2. The highest BCUT2D eigenvalue weighted by Crippen LogP contribution is 2.28. The highest BCUT2D eigenvalue weighted by Gasteiger charge is 2.31. The molecule has 0 radical (unpaired) electrons. The Balaban J connectivity index is 1.93. The Morgan fingerprint density at radius 3 is 2.38 bits per heavy atom. The average molecular weight is 332 g/mol. The van der Waals surface area contributed by atoms with Gasteiger partial charge in [0.1, 0.15) is 5.60 Å². The van der Waals surface area contributed by atoms with Gasteiger partial charge in [-0.2, -0.15) is 0 Å². The van der Waals surface area contributed by atoms with E-state index in [2.05, 4.69) is 10.6 Å². The molecule has 1 aromatic carbocycles. The molecular weight excluding hydrogens is 304 g/mol. The molecule has 1 aromatic rings. The quantitative estimate of drug-likeness (QED) is 0.787. The first-order valence-corrected chi connectivity index (χ1v) is 8.80. The summed E-state index contributed by atoms with van der Waals surface area (Å²) in [5.74, 6) is -1.14. The van der Waals surface area contributed by atoms with Crippen LogP contribution in [0.4, 0.5) is 0 Å². The van der Waals surface area contributed by atoms with Gasteiger partial charge in [0, 0.05) is 13.2 Å². The molecule has 5 heteroatoms. The second kappa shape index (κ2) is 8.83. The van der Waals surface area contributed by atoms with Gasteiger partial charge in [0.25, 0.3) is 0 Å². The third-order valence-electron chi connectivity index (χ3n) is 4.94. The predicted octanol–water partition coefficient (Wildman–Crippen LogP) is 2.50. The van der Waals surface area contributed by atoms with Crippen molar-refractivity contribution in [3.05, 3.63) is 35.9 Å². The Kier molecular flexibility index (Phi) is 6.79. The first kappa shape index (κ1) is 18.5. The molecule has 24 heavy (non-hydrogen) atoms. The second-order valence-electron chi connectivity index (χ2n) is 6.41. The lowest BCUT2D eigenvalue weighted by atomic mass is 9.90. The van der Waals surface area contributed by atoms with E-state index in [9.17, 15) is 9.59 Å². The third kappa shape index (κ3) is 4.57. The summed E-state index contributed by atoms with van der Waals surface area (Å²) in [5.41, 5.74) is 0.366. The molecule has 1 saturated carbocycles. The molecule has 1 unspecified atom stereocenters. The van der Waals surface area contributed by atoms with Gasteiger partial charge in [-0.05, 0) is 24.8 Å². The molecule has 0 heterocycles. The minimum Gasteiger partial charge on any atom is -0.372 e. The largest absolute Gasteiger partial charge is 0.372 e. The van der Waals surface area contributed by atoms with E-state index in [1.54, 1.807) is 7.11 Å². The number of carbonyl (C=O) groups is 2. The van der Waals surface area contributed by atoms with E-state index in [0.29, 0.717) is 6.42 Å². The number of hydrogen-bond donors (Lipinski definition) is 2. The van der Waals surface area contributed by atoms with E-state index in [4.69, 9.17) is 4.74 Å². The summed E-state index contributed by atoms with van der Waals surface area (Å²) in [6.45, 7) is 2.27. The topological polar surface area (TPSA) is 67.4 Å². The summed E-state index contributed by atoms with van der Waals surface area (Å²) in [5, 5.41) is 5.58. The van der Waals surface area contributed by atoms with Crippen LogP contribution in [0.1, 0.15) is 51.0 Å². The van der Waals surface area contributed by atoms with Gasteiger partial charge in [-0.3, -0.25) is 9.59 Å². The maximum atomic E-state index is 12.1. The van der Waals surface area contributed by atoms with Crippen LogP contribution in [0.15, 0.2) is 30.3 Å². The molecule has 1 aliphatic carbocycles. The minimum absolute atomic E-state index is 0.129. The Morgan fingerprint density at radius 2 is 1.79 bits per heavy atom. The van der Waals surface area contributed by atoms with Gasteiger partial charge in [0.2, 0.25) is 0 Å². The Labute approximate surface area is 144 Å². The molecule has 2 amide bonds. The van der Waals surface area contributed by atoms with E-state index in [-0.39, 0.29) is 12.6 Å². The van der Waals surface area contributed by atoms with Crippen LogP contribution < -0.4 is 10.6 Å². The zero-order valence-electron chi connectivity index (χ0n) is 14.6. The van der Waals surface area contributed by atoms with Gasteiger partial charge in [-0.25, -0.2) is 0 Å². The van der Waals surface area contributed by atoms with Crippen LogP contribution >= 0.6 is 0 Å². The van der Waals surface area contributed by atoms with Crippen molar-refractivity contribution in [3.8, 4) is 0 Å². The Hall–Kier alpha value is -1.88. The SMILES string of the molecule is CCC(CNC(=O)C(=O)NC1CCCCC1)(OC)c1ccccc1. The van der Waals surface area contributed by atoms with E-state index >= 15 is 0 Å². The van der Waals surface area contributed by atoms with Crippen LogP contribution in [0.2, 0.25) is 0 Å². The molecule has 132 valence electrons. The van der Waals surface area contributed by atoms with Crippen LogP contribution in [0.3, 0.4) is 0 Å². The molecule has 0 saturated heterocycles. The molecule has 0 aromatic heterocycles. The van der Waals surface area contributed by atoms with Gasteiger partial charge in [-0.1, -0.05) is 56.5 Å². The monoisotopic (exact) mass is 332 g/mol. The highest BCUT2D eigenvalue weighted by molar-refractivity contribution is 6.35. The van der Waals surface area contributed by atoms with Crippen LogP contribution in [0, 0.1) is 0 Å². The van der Waals surface area contributed by atoms with Crippen molar-refractivity contribution in [1.29, 1.82) is 0 Å². The predicted molar refractivity (Wildman–Crippen MR) is 93.4 cm³/mol. The van der Waals surface area contributed by atoms with Crippen molar-refractivity contribution in [2.45, 2.75) is 57.1 Å². The molecule has 1 aliphatic rings. The van der Waals surface area contributed by atoms with Crippen LogP contribution in [-0.4, -0.2) is 31.5 Å². The van der Waals surface area contributed by atoms with Gasteiger partial charge in [-0.15, -0.1) is 0 Å². The first-order valence-electron chi connectivity index (χ1n) is 8.80. The first-order chi connectivity index (χ1) is 11.6. The maximum Gasteiger partial charge on any atom is 0.309 e. The number of rotatable bonds is 6. The van der Waals surface area contributed by atoms with Crippen molar-refractivity contribution >= 4 is 11.8 Å². The van der Waals surface area contributed by atoms with Crippen molar-refractivity contribution in [3.63, 3.8) is 0 Å². The van der Waals surface area contributed by atoms with E-state index in [1.807, 2.05) is 37.3 Å². The zero-order chi connectivity index (χ0) is 17.4. The van der Waals surface area contributed by atoms with Crippen LogP contribution in [0.5, 0.6) is 0 Å². The summed E-state index contributed by atoms with van der Waals surface area (Å²) in [6.07, 6.45) is 6.05. The molecule has 1 atom stereocenters. The third-order valence-corrected chi connectivity index (χ3v) is 4.94. The molecule has 5 nitrogen and oxygen atoms in total. The van der Waals surface area contributed by atoms with Gasteiger partial charge < -0.3 is 15.4 Å². The molecule has 0 spiro atoms. The lowest BCUT2D eigenvalue weighted by Crippen LogP contribution is -2.49. The standard InChI is InChI=1S/C19H28N2O3/c1-3-19(24-2,15-10-6-4-7-11-15)14-20-17(22)18(23)21-16-12-8-5-9-13-16/h4,6-7,10-11,16H,3,5,8-9,12-14H2,1-2H3,(H,20,22)(H,21,23). The van der Waals surface area contributed by atoms with Crippen LogP contribution in [-0.2, 0) is 19.9 Å². The molecule has 2 rings (SSSR count). The number of hydrogen-bond acceptors (Lipinski definition) is 3. The maximum absolute atomic E-state index is 12.1.